The van der Waals surface area contributed by atoms with Gasteiger partial charge in [0, 0.05) is 42.4 Å². The molecule has 28 heavy (non-hydrogen) atoms. The minimum absolute atomic E-state index is 0.123. The maximum atomic E-state index is 15.1. The van der Waals surface area contributed by atoms with Crippen molar-refractivity contribution in [1.82, 2.24) is 15.3 Å². The van der Waals surface area contributed by atoms with Gasteiger partial charge in [-0.05, 0) is 18.6 Å². The van der Waals surface area contributed by atoms with Crippen LogP contribution in [0.4, 0.5) is 10.2 Å². The van der Waals surface area contributed by atoms with E-state index >= 15 is 4.39 Å². The first kappa shape index (κ1) is 17.5. The molecule has 1 amide bonds. The molecule has 3 aromatic rings. The third-order valence-electron chi connectivity index (χ3n) is 5.14. The van der Waals surface area contributed by atoms with Crippen molar-refractivity contribution in [2.24, 2.45) is 5.73 Å². The first-order valence-corrected chi connectivity index (χ1v) is 9.89. The van der Waals surface area contributed by atoms with Crippen molar-refractivity contribution in [1.29, 1.82) is 0 Å². The zero-order valence-corrected chi connectivity index (χ0v) is 15.7. The second-order valence-electron chi connectivity index (χ2n) is 6.95. The van der Waals surface area contributed by atoms with Crippen molar-refractivity contribution in [3.05, 3.63) is 41.3 Å². The van der Waals surface area contributed by atoms with Crippen LogP contribution in [-0.2, 0) is 11.3 Å². The van der Waals surface area contributed by atoms with Crippen LogP contribution in [0.3, 0.4) is 0 Å². The van der Waals surface area contributed by atoms with Gasteiger partial charge in [-0.25, -0.2) is 14.4 Å². The highest BCUT2D eigenvalue weighted by atomic mass is 32.1. The Balaban J connectivity index is 1.63. The highest BCUT2D eigenvalue weighted by Gasteiger charge is 2.32. The second-order valence-corrected chi connectivity index (χ2v) is 7.98. The van der Waals surface area contributed by atoms with Crippen molar-refractivity contribution in [3.8, 4) is 10.6 Å². The molecule has 2 aliphatic heterocycles. The zero-order valence-electron chi connectivity index (χ0n) is 14.9. The van der Waals surface area contributed by atoms with Crippen LogP contribution in [0.25, 0.3) is 20.8 Å². The summed E-state index contributed by atoms with van der Waals surface area (Å²) in [5, 5.41) is 6.81. The molecule has 5 rings (SSSR count). The number of rotatable bonds is 3. The van der Waals surface area contributed by atoms with E-state index in [1.807, 2.05) is 18.2 Å². The Bertz CT molecular complexity index is 1050. The van der Waals surface area contributed by atoms with Crippen molar-refractivity contribution in [2.75, 3.05) is 18.5 Å². The molecule has 0 aliphatic carbocycles. The Kier molecular flexibility index (Phi) is 4.22. The highest BCUT2D eigenvalue weighted by molar-refractivity contribution is 7.21. The maximum Gasteiger partial charge on any atom is 0.254 e. The van der Waals surface area contributed by atoms with Gasteiger partial charge < -0.3 is 21.1 Å². The fraction of sp³-hybridized carbons (Fsp3) is 0.316. The topological polar surface area (TPSA) is 102 Å². The van der Waals surface area contributed by atoms with Crippen LogP contribution in [0.1, 0.15) is 22.3 Å². The number of nitrogens with one attached hydrogen (secondary N) is 2. The summed E-state index contributed by atoms with van der Waals surface area (Å²) in [5.74, 6) is -0.691. The molecule has 1 saturated heterocycles. The van der Waals surface area contributed by atoms with Gasteiger partial charge in [0.15, 0.2) is 11.6 Å². The van der Waals surface area contributed by atoms with E-state index in [1.165, 1.54) is 11.3 Å². The lowest BCUT2D eigenvalue weighted by Crippen LogP contribution is -2.48. The van der Waals surface area contributed by atoms with E-state index < -0.39 is 5.82 Å². The van der Waals surface area contributed by atoms with Gasteiger partial charge in [-0.3, -0.25) is 4.79 Å². The lowest BCUT2D eigenvalue weighted by Gasteiger charge is -2.30. The van der Waals surface area contributed by atoms with E-state index in [0.29, 0.717) is 36.5 Å². The number of thiophene rings is 1. The molecular formula is C19H18FN5O2S. The molecule has 0 spiro atoms. The van der Waals surface area contributed by atoms with Gasteiger partial charge >= 0.3 is 0 Å². The molecule has 9 heteroatoms. The standard InChI is InChI=1S/C19H18FN5O2S/c20-15-10-7-23-18(26)14(10)16(13-6-9-2-1-4-22-19(9)28-13)25-17(15)24-12-3-5-27-8-11(12)21/h1-2,4,6,11-12H,3,5,7-8,21H2,(H,23,26)(H,24,25)/t11-,12+/m0/s1. The number of carbonyl (C=O) groups excluding carboxylic acids is 1. The number of hydrogen-bond acceptors (Lipinski definition) is 7. The molecule has 2 aliphatic rings. The Morgan fingerprint density at radius 3 is 3.14 bits per heavy atom. The predicted octanol–water partition coefficient (Wildman–Crippen LogP) is 2.27. The third kappa shape index (κ3) is 2.83. The molecule has 144 valence electrons. The number of anilines is 1. The number of ether oxygens (including phenoxy) is 1. The molecular weight excluding hydrogens is 381 g/mol. The third-order valence-corrected chi connectivity index (χ3v) is 6.20. The average Bonchev–Trinajstić information content (AvgIpc) is 3.30. The quantitative estimate of drug-likeness (QED) is 0.624. The van der Waals surface area contributed by atoms with Gasteiger partial charge in [0.05, 0.1) is 22.7 Å². The monoisotopic (exact) mass is 399 g/mol. The van der Waals surface area contributed by atoms with Gasteiger partial charge in [-0.2, -0.15) is 0 Å². The Morgan fingerprint density at radius 1 is 1.43 bits per heavy atom. The lowest BCUT2D eigenvalue weighted by molar-refractivity contribution is 0.0751. The van der Waals surface area contributed by atoms with Gasteiger partial charge in [0.1, 0.15) is 4.83 Å². The van der Waals surface area contributed by atoms with E-state index in [2.05, 4.69) is 20.6 Å². The van der Waals surface area contributed by atoms with Crippen molar-refractivity contribution in [3.63, 3.8) is 0 Å². The molecule has 5 heterocycles. The van der Waals surface area contributed by atoms with E-state index in [9.17, 15) is 4.79 Å². The van der Waals surface area contributed by atoms with Crippen LogP contribution in [-0.4, -0.2) is 41.2 Å². The highest BCUT2D eigenvalue weighted by Crippen LogP contribution is 2.38. The summed E-state index contributed by atoms with van der Waals surface area (Å²) in [6, 6.07) is 5.35. The molecule has 2 atom stereocenters. The smallest absolute Gasteiger partial charge is 0.254 e. The SMILES string of the molecule is N[C@H]1COCC[C@H]1Nc1nc(-c2cc3cccnc3s2)c2c(c1F)CNC2=O. The number of fused-ring (bicyclic) bond motifs is 2. The predicted molar refractivity (Wildman–Crippen MR) is 105 cm³/mol. The average molecular weight is 399 g/mol. The molecule has 0 unspecified atom stereocenters. The molecule has 7 nitrogen and oxygen atoms in total. The molecule has 0 radical (unpaired) electrons. The van der Waals surface area contributed by atoms with Crippen LogP contribution >= 0.6 is 11.3 Å². The summed E-state index contributed by atoms with van der Waals surface area (Å²) in [6.45, 7) is 1.12. The number of amides is 1. The number of nitrogens with two attached hydrogens (primary N) is 1. The number of aromatic nitrogens is 2. The molecule has 0 saturated carbocycles. The van der Waals surface area contributed by atoms with Crippen LogP contribution in [0, 0.1) is 5.82 Å². The van der Waals surface area contributed by atoms with Gasteiger partial charge in [-0.1, -0.05) is 6.07 Å². The Hall–Kier alpha value is -2.62. The van der Waals surface area contributed by atoms with Crippen LogP contribution < -0.4 is 16.4 Å². The number of nitrogens with zero attached hydrogens (tertiary/aromatic N) is 2. The van der Waals surface area contributed by atoms with Crippen molar-refractivity contribution >= 4 is 33.3 Å². The Labute approximate surface area is 164 Å². The number of halogens is 1. The van der Waals surface area contributed by atoms with Gasteiger partial charge in [0.2, 0.25) is 0 Å². The lowest BCUT2D eigenvalue weighted by atomic mass is 10.0. The van der Waals surface area contributed by atoms with Crippen LogP contribution in [0.5, 0.6) is 0 Å². The molecule has 3 aromatic heterocycles. The van der Waals surface area contributed by atoms with E-state index in [0.717, 1.165) is 15.1 Å². The molecule has 1 fully saturated rings. The zero-order chi connectivity index (χ0) is 19.3. The Morgan fingerprint density at radius 2 is 2.32 bits per heavy atom. The molecule has 0 aromatic carbocycles. The number of hydrogen-bond donors (Lipinski definition) is 3. The summed E-state index contributed by atoms with van der Waals surface area (Å²) < 4.78 is 20.5. The van der Waals surface area contributed by atoms with Crippen LogP contribution in [0.15, 0.2) is 24.4 Å². The normalized spacial score (nSPS) is 21.6. The summed E-state index contributed by atoms with van der Waals surface area (Å²) in [6.07, 6.45) is 2.38. The minimum atomic E-state index is -0.505. The van der Waals surface area contributed by atoms with Gasteiger partial charge in [-0.15, -0.1) is 11.3 Å². The fourth-order valence-electron chi connectivity index (χ4n) is 3.66. The van der Waals surface area contributed by atoms with Crippen LogP contribution in [0.2, 0.25) is 0 Å². The summed E-state index contributed by atoms with van der Waals surface area (Å²) in [4.78, 5) is 22.9. The first-order chi connectivity index (χ1) is 13.6. The first-order valence-electron chi connectivity index (χ1n) is 9.07. The minimum Gasteiger partial charge on any atom is -0.380 e. The van der Waals surface area contributed by atoms with Crippen molar-refractivity contribution < 1.29 is 13.9 Å². The fourth-order valence-corrected chi connectivity index (χ4v) is 4.66. The summed E-state index contributed by atoms with van der Waals surface area (Å²) in [5.41, 5.74) is 7.21. The van der Waals surface area contributed by atoms with E-state index in [-0.39, 0.29) is 30.4 Å². The van der Waals surface area contributed by atoms with E-state index in [1.54, 1.807) is 6.20 Å². The number of carbonyl (C=O) groups is 1. The second kappa shape index (κ2) is 6.77. The maximum absolute atomic E-state index is 15.1. The van der Waals surface area contributed by atoms with Gasteiger partial charge in [0.25, 0.3) is 5.91 Å². The molecule has 4 N–H and O–H groups in total. The van der Waals surface area contributed by atoms with Crippen molar-refractivity contribution in [2.45, 2.75) is 25.0 Å². The molecule has 0 bridgehead atoms. The van der Waals surface area contributed by atoms with E-state index in [4.69, 9.17) is 10.5 Å². The summed E-state index contributed by atoms with van der Waals surface area (Å²) >= 11 is 1.43. The number of pyridine rings is 2. The largest absolute Gasteiger partial charge is 0.380 e. The summed E-state index contributed by atoms with van der Waals surface area (Å²) in [7, 11) is 0.